The van der Waals surface area contributed by atoms with Crippen LogP contribution in [0.15, 0.2) is 158 Å². The molecule has 0 radical (unpaired) electrons. The fourth-order valence-electron chi connectivity index (χ4n) is 9.22. The van der Waals surface area contributed by atoms with Crippen LogP contribution in [0, 0.1) is 0 Å². The molecule has 0 bridgehead atoms. The molecule has 2 aliphatic carbocycles. The van der Waals surface area contributed by atoms with Gasteiger partial charge in [0.05, 0.1) is 0 Å². The van der Waals surface area contributed by atoms with Crippen molar-refractivity contribution in [1.29, 1.82) is 0 Å². The number of benzene rings is 8. The molecule has 8 aromatic rings. The number of fused-ring (bicyclic) bond motifs is 9. The SMILES string of the molecule is CC1(C)c2ccccc2-c2ccc(-c3ccc4c(c3)C(C)(C)c3cc(-c5ccccc5-c5cc6ccccc6c6ccccc56)ccc3-4)cc21. The van der Waals surface area contributed by atoms with Crippen LogP contribution in [0.2, 0.25) is 0 Å². The normalized spacial score (nSPS) is 14.7. The van der Waals surface area contributed by atoms with Crippen molar-refractivity contribution in [1.82, 2.24) is 0 Å². The van der Waals surface area contributed by atoms with E-state index in [-0.39, 0.29) is 10.8 Å². The highest BCUT2D eigenvalue weighted by atomic mass is 14.4. The molecule has 238 valence electrons. The van der Waals surface area contributed by atoms with Crippen molar-refractivity contribution in [3.8, 4) is 55.6 Å². The summed E-state index contributed by atoms with van der Waals surface area (Å²) in [6.07, 6.45) is 0. The average Bonchev–Trinajstić information content (AvgIpc) is 3.53. The van der Waals surface area contributed by atoms with Crippen LogP contribution < -0.4 is 0 Å². The van der Waals surface area contributed by atoms with Crippen LogP contribution in [0.5, 0.6) is 0 Å². The van der Waals surface area contributed by atoms with E-state index in [0.717, 1.165) is 0 Å². The van der Waals surface area contributed by atoms with Crippen molar-refractivity contribution >= 4 is 21.5 Å². The summed E-state index contributed by atoms with van der Waals surface area (Å²) in [6, 6.07) is 59.2. The monoisotopic (exact) mass is 638 g/mol. The van der Waals surface area contributed by atoms with Gasteiger partial charge >= 0.3 is 0 Å². The Morgan fingerprint density at radius 3 is 1.38 bits per heavy atom. The van der Waals surface area contributed by atoms with Gasteiger partial charge in [0.1, 0.15) is 0 Å². The molecular weight excluding hydrogens is 601 g/mol. The van der Waals surface area contributed by atoms with Gasteiger partial charge in [-0.25, -0.2) is 0 Å². The maximum Gasteiger partial charge on any atom is 0.0159 e. The van der Waals surface area contributed by atoms with Crippen LogP contribution in [0.1, 0.15) is 49.9 Å². The van der Waals surface area contributed by atoms with Gasteiger partial charge < -0.3 is 0 Å². The second-order valence-electron chi connectivity index (χ2n) is 15.3. The fraction of sp³-hybridized carbons (Fsp3) is 0.120. The molecule has 0 heteroatoms. The quantitative estimate of drug-likeness (QED) is 0.169. The molecule has 0 unspecified atom stereocenters. The molecule has 50 heavy (non-hydrogen) atoms. The first-order valence-corrected chi connectivity index (χ1v) is 17.9. The van der Waals surface area contributed by atoms with Crippen LogP contribution in [-0.2, 0) is 10.8 Å². The van der Waals surface area contributed by atoms with Crippen molar-refractivity contribution in [3.05, 3.63) is 180 Å². The maximum absolute atomic E-state index is 2.46. The summed E-state index contributed by atoms with van der Waals surface area (Å²) in [5.41, 5.74) is 18.6. The van der Waals surface area contributed by atoms with Gasteiger partial charge in [0.25, 0.3) is 0 Å². The average molecular weight is 639 g/mol. The van der Waals surface area contributed by atoms with E-state index in [9.17, 15) is 0 Å². The van der Waals surface area contributed by atoms with Crippen LogP contribution in [0.3, 0.4) is 0 Å². The number of hydrogen-bond acceptors (Lipinski definition) is 0. The van der Waals surface area contributed by atoms with E-state index in [4.69, 9.17) is 0 Å². The zero-order valence-electron chi connectivity index (χ0n) is 29.0. The molecule has 0 aromatic heterocycles. The highest BCUT2D eigenvalue weighted by Crippen LogP contribution is 2.53. The van der Waals surface area contributed by atoms with E-state index >= 15 is 0 Å². The molecular formula is C50H38. The molecule has 0 heterocycles. The topological polar surface area (TPSA) is 0 Å². The van der Waals surface area contributed by atoms with Crippen LogP contribution >= 0.6 is 0 Å². The summed E-state index contributed by atoms with van der Waals surface area (Å²) >= 11 is 0. The second-order valence-corrected chi connectivity index (χ2v) is 15.3. The lowest BCUT2D eigenvalue weighted by atomic mass is 9.79. The molecule has 10 rings (SSSR count). The van der Waals surface area contributed by atoms with Gasteiger partial charge in [0.15, 0.2) is 0 Å². The smallest absolute Gasteiger partial charge is 0.0159 e. The molecule has 2 aliphatic rings. The van der Waals surface area contributed by atoms with Gasteiger partial charge in [0.2, 0.25) is 0 Å². The highest BCUT2D eigenvalue weighted by Gasteiger charge is 2.37. The first-order chi connectivity index (χ1) is 24.3. The standard InChI is InChI=1S/C50H38/c1-49(2)45-20-12-11-19-40(45)41-24-21-31(28-46(41)49)32-22-25-42-43-26-23-34(30-48(43)50(3,4)47(42)29-32)36-15-7-8-17-38(36)44-27-33-13-5-6-14-35(33)37-16-9-10-18-39(37)44/h5-30H,1-4H3. The predicted molar refractivity (Wildman–Crippen MR) is 213 cm³/mol. The van der Waals surface area contributed by atoms with E-state index in [1.807, 2.05) is 0 Å². The molecule has 0 saturated carbocycles. The molecule has 0 spiro atoms. The van der Waals surface area contributed by atoms with Crippen LogP contribution in [0.4, 0.5) is 0 Å². The molecule has 0 atom stereocenters. The predicted octanol–water partition coefficient (Wildman–Crippen LogP) is 13.6. The van der Waals surface area contributed by atoms with Gasteiger partial charge in [-0.1, -0.05) is 161 Å². The van der Waals surface area contributed by atoms with Crippen molar-refractivity contribution in [2.24, 2.45) is 0 Å². The lowest BCUT2D eigenvalue weighted by molar-refractivity contribution is 0.659. The van der Waals surface area contributed by atoms with E-state index in [1.54, 1.807) is 0 Å². The van der Waals surface area contributed by atoms with Gasteiger partial charge in [-0.05, 0) is 124 Å². The third-order valence-corrected chi connectivity index (χ3v) is 11.9. The Bertz CT molecular complexity index is 2700. The Morgan fingerprint density at radius 1 is 0.280 bits per heavy atom. The summed E-state index contributed by atoms with van der Waals surface area (Å²) in [5, 5.41) is 5.16. The maximum atomic E-state index is 2.46. The summed E-state index contributed by atoms with van der Waals surface area (Å²) in [4.78, 5) is 0. The molecule has 8 aromatic carbocycles. The van der Waals surface area contributed by atoms with Gasteiger partial charge in [-0.15, -0.1) is 0 Å². The minimum Gasteiger partial charge on any atom is -0.0619 e. The van der Waals surface area contributed by atoms with Crippen molar-refractivity contribution in [3.63, 3.8) is 0 Å². The van der Waals surface area contributed by atoms with E-state index in [1.165, 1.54) is 99.4 Å². The summed E-state index contributed by atoms with van der Waals surface area (Å²) in [7, 11) is 0. The van der Waals surface area contributed by atoms with Crippen molar-refractivity contribution in [2.75, 3.05) is 0 Å². The summed E-state index contributed by atoms with van der Waals surface area (Å²) in [5.74, 6) is 0. The summed E-state index contributed by atoms with van der Waals surface area (Å²) < 4.78 is 0. The summed E-state index contributed by atoms with van der Waals surface area (Å²) in [6.45, 7) is 9.52. The third kappa shape index (κ3) is 4.06. The number of hydrogen-bond donors (Lipinski definition) is 0. The van der Waals surface area contributed by atoms with Crippen LogP contribution in [0.25, 0.3) is 77.2 Å². The zero-order chi connectivity index (χ0) is 33.8. The van der Waals surface area contributed by atoms with E-state index < -0.39 is 0 Å². The number of rotatable bonds is 3. The third-order valence-electron chi connectivity index (χ3n) is 11.9. The van der Waals surface area contributed by atoms with Gasteiger partial charge in [0, 0.05) is 10.8 Å². The van der Waals surface area contributed by atoms with Crippen molar-refractivity contribution in [2.45, 2.75) is 38.5 Å². The Labute approximate surface area is 294 Å². The Hall–Kier alpha value is -5.72. The van der Waals surface area contributed by atoms with Crippen LogP contribution in [-0.4, -0.2) is 0 Å². The second kappa shape index (κ2) is 10.4. The highest BCUT2D eigenvalue weighted by molar-refractivity contribution is 6.14. The van der Waals surface area contributed by atoms with Gasteiger partial charge in [-0.2, -0.15) is 0 Å². The molecule has 0 fully saturated rings. The lowest BCUT2D eigenvalue weighted by Gasteiger charge is -2.24. The molecule has 0 aliphatic heterocycles. The molecule has 0 amide bonds. The largest absolute Gasteiger partial charge is 0.0619 e. The fourth-order valence-corrected chi connectivity index (χ4v) is 9.22. The Morgan fingerprint density at radius 2 is 0.720 bits per heavy atom. The van der Waals surface area contributed by atoms with Gasteiger partial charge in [-0.3, -0.25) is 0 Å². The van der Waals surface area contributed by atoms with E-state index in [2.05, 4.69) is 185 Å². The van der Waals surface area contributed by atoms with E-state index in [0.29, 0.717) is 0 Å². The first kappa shape index (κ1) is 29.2. The Balaban J connectivity index is 1.07. The zero-order valence-corrected chi connectivity index (χ0v) is 29.0. The Kier molecular flexibility index (Phi) is 6.07. The molecule has 0 N–H and O–H groups in total. The first-order valence-electron chi connectivity index (χ1n) is 17.9. The van der Waals surface area contributed by atoms with Crippen molar-refractivity contribution < 1.29 is 0 Å². The molecule has 0 saturated heterocycles. The molecule has 0 nitrogen and oxygen atoms in total. The minimum atomic E-state index is -0.131. The minimum absolute atomic E-state index is 0.0139. The lowest BCUT2D eigenvalue weighted by Crippen LogP contribution is -2.15.